The van der Waals surface area contributed by atoms with Gasteiger partial charge in [-0.2, -0.15) is 0 Å². The summed E-state index contributed by atoms with van der Waals surface area (Å²) in [6.45, 7) is 0.510. The number of thiazole rings is 1. The van der Waals surface area contributed by atoms with Crippen LogP contribution in [0.1, 0.15) is 24.3 Å². The number of rotatable bonds is 11. The summed E-state index contributed by atoms with van der Waals surface area (Å²) in [5.74, 6) is -1.44. The van der Waals surface area contributed by atoms with Crippen molar-refractivity contribution in [3.63, 3.8) is 0 Å². The monoisotopic (exact) mass is 464 g/mol. The first-order chi connectivity index (χ1) is 14.9. The summed E-state index contributed by atoms with van der Waals surface area (Å²) in [6, 6.07) is 4.04. The van der Waals surface area contributed by atoms with Crippen LogP contribution >= 0.6 is 23.1 Å². The number of carbonyl (C=O) groups excluding carboxylic acids is 2. The number of hydrogen-bond donors (Lipinski definition) is 5. The third kappa shape index (κ3) is 6.15. The number of unbranched alkanes of at least 4 members (excludes halogenated alkanes) is 1. The molecule has 1 aliphatic heterocycles. The summed E-state index contributed by atoms with van der Waals surface area (Å²) in [4.78, 5) is 43.6. The van der Waals surface area contributed by atoms with Gasteiger partial charge < -0.3 is 27.2 Å². The molecule has 0 radical (unpaired) electrons. The van der Waals surface area contributed by atoms with Crippen molar-refractivity contribution in [3.05, 3.63) is 23.2 Å². The number of primary amides is 1. The van der Waals surface area contributed by atoms with Crippen LogP contribution in [-0.4, -0.2) is 63.8 Å². The van der Waals surface area contributed by atoms with Crippen LogP contribution in [-0.2, 0) is 14.4 Å². The molecule has 2 atom stereocenters. The maximum Gasteiger partial charge on any atom is 0.329 e. The Morgan fingerprint density at radius 1 is 1.29 bits per heavy atom. The molecule has 1 aromatic heterocycles. The van der Waals surface area contributed by atoms with E-state index < -0.39 is 24.0 Å². The predicted molar refractivity (Wildman–Crippen MR) is 123 cm³/mol. The molecule has 0 bridgehead atoms. The first kappa shape index (κ1) is 23.0. The minimum absolute atomic E-state index is 0.0132. The van der Waals surface area contributed by atoms with E-state index in [-0.39, 0.29) is 12.5 Å². The highest BCUT2D eigenvalue weighted by molar-refractivity contribution is 8.15. The summed E-state index contributed by atoms with van der Waals surface area (Å²) in [5, 5.41) is 16.1. The summed E-state index contributed by atoms with van der Waals surface area (Å²) in [6.07, 6.45) is 1.92. The summed E-state index contributed by atoms with van der Waals surface area (Å²) < 4.78 is 0.888. The molecule has 2 heterocycles. The van der Waals surface area contributed by atoms with Gasteiger partial charge in [0, 0.05) is 11.4 Å². The van der Waals surface area contributed by atoms with Gasteiger partial charge >= 0.3 is 5.97 Å². The molecule has 0 saturated carbocycles. The van der Waals surface area contributed by atoms with Gasteiger partial charge in [-0.1, -0.05) is 0 Å². The number of aliphatic carboxylic acids is 1. The lowest BCUT2D eigenvalue weighted by Gasteiger charge is -2.15. The Bertz CT molecular complexity index is 1010. The minimum Gasteiger partial charge on any atom is -0.480 e. The number of thioether (sulfide) groups is 1. The highest BCUT2D eigenvalue weighted by atomic mass is 32.2. The van der Waals surface area contributed by atoms with Crippen molar-refractivity contribution in [2.45, 2.75) is 31.3 Å². The molecule has 10 nitrogen and oxygen atoms in total. The van der Waals surface area contributed by atoms with Gasteiger partial charge in [-0.3, -0.25) is 14.6 Å². The maximum atomic E-state index is 12.2. The molecule has 0 fully saturated rings. The third-order valence-corrected chi connectivity index (χ3v) is 6.79. The highest BCUT2D eigenvalue weighted by Gasteiger charge is 2.27. The van der Waals surface area contributed by atoms with E-state index in [9.17, 15) is 14.4 Å². The fraction of sp³-hybridized carbons (Fsp3) is 0.421. The molecule has 12 heteroatoms. The quantitative estimate of drug-likeness (QED) is 0.303. The van der Waals surface area contributed by atoms with E-state index in [1.54, 1.807) is 6.07 Å². The van der Waals surface area contributed by atoms with Crippen LogP contribution in [0.2, 0.25) is 0 Å². The van der Waals surface area contributed by atoms with Crippen molar-refractivity contribution in [3.8, 4) is 0 Å². The molecule has 0 saturated heterocycles. The summed E-state index contributed by atoms with van der Waals surface area (Å²) in [5.41, 5.74) is 12.3. The largest absolute Gasteiger partial charge is 0.480 e. The standard InChI is InChI=1S/C19H24N6O4S2/c20-6-2-1-3-12(16(21)27)23-15(26)8-22-10-4-5-11-14(7-10)31-18(24-11)17-25-13(9-30-17)19(28)29/h4-5,7,12-13,22H,1-3,6,8-9,20H2,(H2,21,27)(H,23,26)(H,28,29)/t12?,13-/m1/s1. The summed E-state index contributed by atoms with van der Waals surface area (Å²) in [7, 11) is 0. The minimum atomic E-state index is -0.939. The van der Waals surface area contributed by atoms with Gasteiger partial charge in [-0.25, -0.2) is 9.78 Å². The molecule has 1 aliphatic rings. The number of carboxylic acids is 1. The van der Waals surface area contributed by atoms with Crippen LogP contribution in [0, 0.1) is 0 Å². The lowest BCUT2D eigenvalue weighted by molar-refractivity contribution is -0.137. The second-order valence-corrected chi connectivity index (χ2v) is 9.00. The number of hydrogen-bond acceptors (Lipinski definition) is 9. The Kier molecular flexibility index (Phi) is 7.82. The Morgan fingerprint density at radius 2 is 2.10 bits per heavy atom. The number of benzene rings is 1. The average molecular weight is 465 g/mol. The van der Waals surface area contributed by atoms with Gasteiger partial charge in [-0.05, 0) is 44.0 Å². The molecule has 0 aliphatic carbocycles. The fourth-order valence-corrected chi connectivity index (χ4v) is 5.05. The Hall–Kier alpha value is -2.70. The molecule has 7 N–H and O–H groups in total. The van der Waals surface area contributed by atoms with E-state index in [4.69, 9.17) is 16.6 Å². The Balaban J connectivity index is 1.59. The van der Waals surface area contributed by atoms with Crippen molar-refractivity contribution >= 4 is 61.8 Å². The van der Waals surface area contributed by atoms with E-state index in [0.29, 0.717) is 35.2 Å². The molecular weight excluding hydrogens is 440 g/mol. The van der Waals surface area contributed by atoms with Gasteiger partial charge in [0.05, 0.1) is 16.8 Å². The second-order valence-electron chi connectivity index (χ2n) is 6.96. The van der Waals surface area contributed by atoms with Crippen molar-refractivity contribution in [2.75, 3.05) is 24.2 Å². The maximum absolute atomic E-state index is 12.2. The molecule has 0 spiro atoms. The number of carboxylic acid groups (broad SMARTS) is 1. The highest BCUT2D eigenvalue weighted by Crippen LogP contribution is 2.31. The van der Waals surface area contributed by atoms with Crippen LogP contribution in [0.15, 0.2) is 23.2 Å². The molecule has 1 aromatic carbocycles. The number of amides is 2. The van der Waals surface area contributed by atoms with Crippen molar-refractivity contribution in [1.82, 2.24) is 10.3 Å². The number of anilines is 1. The summed E-state index contributed by atoms with van der Waals surface area (Å²) >= 11 is 2.80. The number of fused-ring (bicyclic) bond motifs is 1. The van der Waals surface area contributed by atoms with E-state index in [2.05, 4.69) is 20.6 Å². The molecule has 2 amide bonds. The second kappa shape index (κ2) is 10.6. The normalized spacial score (nSPS) is 16.7. The van der Waals surface area contributed by atoms with E-state index >= 15 is 0 Å². The average Bonchev–Trinajstić information content (AvgIpc) is 3.38. The van der Waals surface area contributed by atoms with Crippen LogP contribution in [0.4, 0.5) is 5.69 Å². The van der Waals surface area contributed by atoms with E-state index in [1.165, 1.54) is 23.1 Å². The van der Waals surface area contributed by atoms with Crippen LogP contribution < -0.4 is 22.1 Å². The van der Waals surface area contributed by atoms with Crippen LogP contribution in [0.25, 0.3) is 10.2 Å². The SMILES string of the molecule is NCCCCC(NC(=O)CNc1ccc2nc(C3=N[C@@H](C(=O)O)CS3)sc2c1)C(N)=O. The van der Waals surface area contributed by atoms with Crippen molar-refractivity contribution in [1.29, 1.82) is 0 Å². The third-order valence-electron chi connectivity index (χ3n) is 4.59. The first-order valence-corrected chi connectivity index (χ1v) is 11.5. The van der Waals surface area contributed by atoms with Crippen molar-refractivity contribution < 1.29 is 19.5 Å². The lowest BCUT2D eigenvalue weighted by atomic mass is 10.1. The predicted octanol–water partition coefficient (Wildman–Crippen LogP) is 0.754. The number of nitrogens with zero attached hydrogens (tertiary/aromatic N) is 2. The first-order valence-electron chi connectivity index (χ1n) is 9.74. The number of aliphatic imine (C=N–C) groups is 1. The Labute approximate surface area is 186 Å². The van der Waals surface area contributed by atoms with Crippen LogP contribution in [0.5, 0.6) is 0 Å². The van der Waals surface area contributed by atoms with Gasteiger partial charge in [-0.15, -0.1) is 23.1 Å². The molecule has 3 rings (SSSR count). The number of nitrogens with one attached hydrogen (secondary N) is 2. The number of nitrogens with two attached hydrogens (primary N) is 2. The molecule has 31 heavy (non-hydrogen) atoms. The molecule has 1 unspecified atom stereocenters. The van der Waals surface area contributed by atoms with E-state index in [1.807, 2.05) is 12.1 Å². The van der Waals surface area contributed by atoms with E-state index in [0.717, 1.165) is 22.3 Å². The lowest BCUT2D eigenvalue weighted by Crippen LogP contribution is -2.46. The van der Waals surface area contributed by atoms with Gasteiger partial charge in [0.15, 0.2) is 6.04 Å². The topological polar surface area (TPSA) is 173 Å². The zero-order valence-corrected chi connectivity index (χ0v) is 18.3. The van der Waals surface area contributed by atoms with Crippen molar-refractivity contribution in [2.24, 2.45) is 16.5 Å². The van der Waals surface area contributed by atoms with Gasteiger partial charge in [0.2, 0.25) is 11.8 Å². The van der Waals surface area contributed by atoms with Gasteiger partial charge in [0.25, 0.3) is 0 Å². The zero-order chi connectivity index (χ0) is 22.4. The fourth-order valence-electron chi connectivity index (χ4n) is 2.95. The Morgan fingerprint density at radius 3 is 2.77 bits per heavy atom. The van der Waals surface area contributed by atoms with Crippen LogP contribution in [0.3, 0.4) is 0 Å². The molecule has 166 valence electrons. The smallest absolute Gasteiger partial charge is 0.329 e. The zero-order valence-electron chi connectivity index (χ0n) is 16.7. The number of aromatic nitrogens is 1. The number of carbonyl (C=O) groups is 3. The molecule has 2 aromatic rings. The van der Waals surface area contributed by atoms with Gasteiger partial charge in [0.1, 0.15) is 16.1 Å². The molecular formula is C19H24N6O4S2.